The van der Waals surface area contributed by atoms with Crippen molar-refractivity contribution in [1.29, 1.82) is 0 Å². The summed E-state index contributed by atoms with van der Waals surface area (Å²) in [4.78, 5) is 22.5. The lowest BCUT2D eigenvalue weighted by molar-refractivity contribution is -0.145. The topological polar surface area (TPSA) is 64.6 Å². The quantitative estimate of drug-likeness (QED) is 0.369. The molecule has 0 atom stereocenters. The molecule has 5 nitrogen and oxygen atoms in total. The Morgan fingerprint density at radius 1 is 1.33 bits per heavy atom. The lowest BCUT2D eigenvalue weighted by atomic mass is 9.94. The van der Waals surface area contributed by atoms with Gasteiger partial charge in [-0.15, -0.1) is 0 Å². The van der Waals surface area contributed by atoms with E-state index < -0.39 is 17.7 Å². The molecule has 0 saturated carbocycles. The zero-order valence-corrected chi connectivity index (χ0v) is 8.75. The third kappa shape index (κ3) is 1.69. The lowest BCUT2D eigenvalue weighted by Gasteiger charge is -2.31. The summed E-state index contributed by atoms with van der Waals surface area (Å²) >= 11 is 0. The van der Waals surface area contributed by atoms with Crippen LogP contribution in [0.15, 0.2) is 11.3 Å². The fourth-order valence-corrected chi connectivity index (χ4v) is 1.95. The number of allylic oxidation sites excluding steroid dienone is 1. The van der Waals surface area contributed by atoms with Gasteiger partial charge in [-0.05, 0) is 26.7 Å². The molecule has 2 aliphatic rings. The molecular formula is C10H13NO4. The summed E-state index contributed by atoms with van der Waals surface area (Å²) in [5.41, 5.74) is 0.358. The van der Waals surface area contributed by atoms with Crippen LogP contribution in [0, 0.1) is 0 Å². The lowest BCUT2D eigenvalue weighted by Crippen LogP contribution is -2.43. The number of nitrogens with one attached hydrogen (secondary N) is 1. The van der Waals surface area contributed by atoms with Gasteiger partial charge in [-0.25, -0.2) is 9.59 Å². The Morgan fingerprint density at radius 2 is 2.07 bits per heavy atom. The Hall–Kier alpha value is -1.52. The summed E-state index contributed by atoms with van der Waals surface area (Å²) in [5.74, 6) is -0.597. The van der Waals surface area contributed by atoms with Crippen molar-refractivity contribution in [3.8, 4) is 0 Å². The number of ether oxygens (including phenoxy) is 2. The van der Waals surface area contributed by atoms with Crippen molar-refractivity contribution in [2.45, 2.75) is 32.3 Å². The van der Waals surface area contributed by atoms with Crippen molar-refractivity contribution in [3.05, 3.63) is 11.3 Å². The minimum atomic E-state index is -0.924. The fourth-order valence-electron chi connectivity index (χ4n) is 1.95. The number of carbonyl (C=O) groups excluding carboxylic acids is 2. The van der Waals surface area contributed by atoms with Gasteiger partial charge in [0.05, 0.1) is 5.57 Å². The molecule has 0 aromatic rings. The first-order valence-corrected chi connectivity index (χ1v) is 4.93. The molecular weight excluding hydrogens is 198 g/mol. The highest BCUT2D eigenvalue weighted by Gasteiger charge is 2.43. The zero-order valence-electron chi connectivity index (χ0n) is 8.75. The molecule has 0 aromatic heterocycles. The van der Waals surface area contributed by atoms with Crippen LogP contribution in [0.25, 0.3) is 0 Å². The summed E-state index contributed by atoms with van der Waals surface area (Å²) in [5, 5.41) is 3.11. The molecule has 0 aliphatic carbocycles. The van der Waals surface area contributed by atoms with Crippen LogP contribution in [0.5, 0.6) is 0 Å². The Bertz CT molecular complexity index is 348. The maximum absolute atomic E-state index is 11.6. The van der Waals surface area contributed by atoms with Crippen LogP contribution in [0.3, 0.4) is 0 Å². The molecule has 0 bridgehead atoms. The fraction of sp³-hybridized carbons (Fsp3) is 0.600. The first kappa shape index (κ1) is 10.0. The smallest absolute Gasteiger partial charge is 0.423 e. The molecule has 2 fully saturated rings. The third-order valence-electron chi connectivity index (χ3n) is 2.56. The number of cyclic esters (lactones) is 3. The maximum Gasteiger partial charge on any atom is 0.517 e. The molecule has 0 unspecified atom stereocenters. The van der Waals surface area contributed by atoms with E-state index in [4.69, 9.17) is 4.74 Å². The molecule has 0 amide bonds. The Kier molecular flexibility index (Phi) is 2.17. The highest BCUT2D eigenvalue weighted by atomic mass is 16.8. The molecule has 2 aliphatic heterocycles. The Balaban J connectivity index is 2.40. The molecule has 2 heterocycles. The Morgan fingerprint density at radius 3 is 2.60 bits per heavy atom. The van der Waals surface area contributed by atoms with Crippen molar-refractivity contribution in [1.82, 2.24) is 5.32 Å². The summed E-state index contributed by atoms with van der Waals surface area (Å²) in [6, 6.07) is 0. The minimum absolute atomic E-state index is 0.430. The van der Waals surface area contributed by atoms with Gasteiger partial charge in [0.1, 0.15) is 5.60 Å². The van der Waals surface area contributed by atoms with Crippen molar-refractivity contribution >= 4 is 12.1 Å². The van der Waals surface area contributed by atoms with E-state index in [2.05, 4.69) is 10.1 Å². The minimum Gasteiger partial charge on any atom is -0.423 e. The average molecular weight is 211 g/mol. The third-order valence-corrected chi connectivity index (χ3v) is 2.56. The van der Waals surface area contributed by atoms with Crippen LogP contribution >= 0.6 is 0 Å². The molecule has 2 saturated heterocycles. The van der Waals surface area contributed by atoms with E-state index in [-0.39, 0.29) is 0 Å². The van der Waals surface area contributed by atoms with Crippen molar-refractivity contribution < 1.29 is 19.1 Å². The maximum atomic E-state index is 11.6. The summed E-state index contributed by atoms with van der Waals surface area (Å²) in [7, 11) is 0. The summed E-state index contributed by atoms with van der Waals surface area (Å²) < 4.78 is 9.44. The summed E-state index contributed by atoms with van der Waals surface area (Å²) in [6.45, 7) is 4.22. The number of hydrogen-bond donors (Lipinski definition) is 1. The van der Waals surface area contributed by atoms with Crippen LogP contribution in [-0.2, 0) is 14.3 Å². The normalized spacial score (nSPS) is 29.5. The molecule has 2 rings (SSSR count). The van der Waals surface area contributed by atoms with E-state index in [1.165, 1.54) is 0 Å². The van der Waals surface area contributed by atoms with Crippen LogP contribution in [-0.4, -0.2) is 24.3 Å². The van der Waals surface area contributed by atoms with E-state index in [1.54, 1.807) is 13.8 Å². The number of esters is 1. The molecule has 15 heavy (non-hydrogen) atoms. The van der Waals surface area contributed by atoms with Gasteiger partial charge in [-0.1, -0.05) is 0 Å². The van der Waals surface area contributed by atoms with E-state index in [9.17, 15) is 9.59 Å². The summed E-state index contributed by atoms with van der Waals surface area (Å²) in [6.07, 6.45) is 0.856. The van der Waals surface area contributed by atoms with Crippen LogP contribution < -0.4 is 5.32 Å². The molecule has 0 radical (unpaired) electrons. The monoisotopic (exact) mass is 211 g/mol. The highest BCUT2D eigenvalue weighted by Crippen LogP contribution is 2.31. The largest absolute Gasteiger partial charge is 0.517 e. The zero-order chi connectivity index (χ0) is 11.1. The number of hydrogen-bond acceptors (Lipinski definition) is 5. The van der Waals surface area contributed by atoms with E-state index in [0.717, 1.165) is 25.1 Å². The second-order valence-corrected chi connectivity index (χ2v) is 4.14. The molecule has 0 spiro atoms. The predicted octanol–water partition coefficient (Wildman–Crippen LogP) is 1.10. The van der Waals surface area contributed by atoms with Gasteiger partial charge in [0.2, 0.25) is 0 Å². The standard InChI is InChI=1S/C10H13NO4/c1-10(2)7(6-4-3-5-11-6)8(12)14-9(13)15-10/h11H,3-5H2,1-2H3. The molecule has 82 valence electrons. The van der Waals surface area contributed by atoms with Crippen molar-refractivity contribution in [3.63, 3.8) is 0 Å². The van der Waals surface area contributed by atoms with Gasteiger partial charge < -0.3 is 14.8 Å². The van der Waals surface area contributed by atoms with Gasteiger partial charge >= 0.3 is 12.1 Å². The van der Waals surface area contributed by atoms with Gasteiger partial charge in [0, 0.05) is 12.2 Å². The Labute approximate surface area is 87.4 Å². The van der Waals surface area contributed by atoms with Gasteiger partial charge in [-0.3, -0.25) is 0 Å². The highest BCUT2D eigenvalue weighted by molar-refractivity contribution is 5.99. The predicted molar refractivity (Wildman–Crippen MR) is 50.9 cm³/mol. The molecule has 0 aromatic carbocycles. The van der Waals surface area contributed by atoms with Crippen molar-refractivity contribution in [2.24, 2.45) is 0 Å². The van der Waals surface area contributed by atoms with Gasteiger partial charge in [-0.2, -0.15) is 0 Å². The van der Waals surface area contributed by atoms with E-state index in [1.807, 2.05) is 0 Å². The number of rotatable bonds is 0. The molecule has 5 heteroatoms. The average Bonchev–Trinajstić information content (AvgIpc) is 2.52. The van der Waals surface area contributed by atoms with Crippen LogP contribution in [0.2, 0.25) is 0 Å². The number of carbonyl (C=O) groups is 2. The first-order valence-electron chi connectivity index (χ1n) is 4.93. The van der Waals surface area contributed by atoms with Crippen LogP contribution in [0.4, 0.5) is 4.79 Å². The van der Waals surface area contributed by atoms with Crippen LogP contribution in [0.1, 0.15) is 26.7 Å². The second kappa shape index (κ2) is 3.25. The van der Waals surface area contributed by atoms with E-state index in [0.29, 0.717) is 5.57 Å². The second-order valence-electron chi connectivity index (χ2n) is 4.14. The van der Waals surface area contributed by atoms with Gasteiger partial charge in [0.15, 0.2) is 0 Å². The van der Waals surface area contributed by atoms with Gasteiger partial charge in [0.25, 0.3) is 0 Å². The SMILES string of the molecule is CC1(C)OC(=O)OC(=O)C1=C1CCCN1. The van der Waals surface area contributed by atoms with E-state index >= 15 is 0 Å². The first-order chi connectivity index (χ1) is 7.00. The molecule has 1 N–H and O–H groups in total. The van der Waals surface area contributed by atoms with Crippen molar-refractivity contribution in [2.75, 3.05) is 6.54 Å².